The lowest BCUT2D eigenvalue weighted by Crippen LogP contribution is -2.38. The number of aryl methyl sites for hydroxylation is 1. The normalized spacial score (nSPS) is 11.9. The van der Waals surface area contributed by atoms with Crippen LogP contribution in [0.25, 0.3) is 0 Å². The van der Waals surface area contributed by atoms with E-state index in [0.717, 1.165) is 16.3 Å². The molecule has 190 valence electrons. The lowest BCUT2D eigenvalue weighted by Gasteiger charge is -2.24. The molecule has 0 aliphatic rings. The van der Waals surface area contributed by atoms with E-state index >= 15 is 0 Å². The van der Waals surface area contributed by atoms with Crippen LogP contribution in [-0.2, 0) is 14.8 Å². The summed E-state index contributed by atoms with van der Waals surface area (Å²) in [4.78, 5) is 25.9. The zero-order valence-corrected chi connectivity index (χ0v) is 21.6. The summed E-state index contributed by atoms with van der Waals surface area (Å²) in [7, 11) is -2.59. The first-order valence-corrected chi connectivity index (χ1v) is 13.0. The number of rotatable bonds is 10. The fourth-order valence-corrected chi connectivity index (χ4v) is 4.84. The standard InChI is InChI=1S/C27H31N3O5S/c1-5-20(3)28-27(32)24-8-6-7-9-25(24)29-26(31)18-30(21-12-10-19(2)11-13-21)36(33,34)23-16-14-22(35-4)15-17-23/h6-17,20H,5,18H2,1-4H3,(H,28,32)(H,29,31)/t20-/m0/s1. The van der Waals surface area contributed by atoms with Crippen molar-refractivity contribution in [2.24, 2.45) is 0 Å². The van der Waals surface area contributed by atoms with Gasteiger partial charge in [-0.1, -0.05) is 36.8 Å². The molecule has 0 saturated heterocycles. The lowest BCUT2D eigenvalue weighted by molar-refractivity contribution is -0.114. The molecular weight excluding hydrogens is 478 g/mol. The highest BCUT2D eigenvalue weighted by molar-refractivity contribution is 7.92. The maximum atomic E-state index is 13.6. The molecule has 3 aromatic carbocycles. The first-order chi connectivity index (χ1) is 17.1. The van der Waals surface area contributed by atoms with Gasteiger partial charge in [0.25, 0.3) is 15.9 Å². The van der Waals surface area contributed by atoms with Crippen LogP contribution < -0.4 is 19.7 Å². The van der Waals surface area contributed by atoms with Gasteiger partial charge in [0.1, 0.15) is 12.3 Å². The Hall–Kier alpha value is -3.85. The third-order valence-electron chi connectivity index (χ3n) is 5.69. The number of amides is 2. The van der Waals surface area contributed by atoms with Crippen LogP contribution in [-0.4, -0.2) is 39.9 Å². The zero-order valence-electron chi connectivity index (χ0n) is 20.8. The van der Waals surface area contributed by atoms with Crippen LogP contribution in [0.3, 0.4) is 0 Å². The van der Waals surface area contributed by atoms with Gasteiger partial charge in [0.05, 0.1) is 28.9 Å². The average Bonchev–Trinajstić information content (AvgIpc) is 2.88. The van der Waals surface area contributed by atoms with Crippen LogP contribution in [0.15, 0.2) is 77.7 Å². The van der Waals surface area contributed by atoms with Crippen molar-refractivity contribution in [3.8, 4) is 5.75 Å². The SMILES string of the molecule is CC[C@H](C)NC(=O)c1ccccc1NC(=O)CN(c1ccc(C)cc1)S(=O)(=O)c1ccc(OC)cc1. The highest BCUT2D eigenvalue weighted by atomic mass is 32.2. The van der Waals surface area contributed by atoms with Gasteiger partial charge in [-0.15, -0.1) is 0 Å². The van der Waals surface area contributed by atoms with E-state index in [2.05, 4.69) is 10.6 Å². The fraction of sp³-hybridized carbons (Fsp3) is 0.259. The number of carbonyl (C=O) groups is 2. The molecular formula is C27H31N3O5S. The van der Waals surface area contributed by atoms with Gasteiger partial charge in [-0.05, 0) is 68.8 Å². The van der Waals surface area contributed by atoms with E-state index in [1.54, 1.807) is 60.7 Å². The van der Waals surface area contributed by atoms with E-state index < -0.39 is 22.5 Å². The molecule has 0 heterocycles. The van der Waals surface area contributed by atoms with Crippen LogP contribution in [0.2, 0.25) is 0 Å². The zero-order chi connectivity index (χ0) is 26.3. The minimum absolute atomic E-state index is 0.0185. The van der Waals surface area contributed by atoms with Crippen molar-refractivity contribution >= 4 is 33.2 Å². The fourth-order valence-electron chi connectivity index (χ4n) is 3.41. The quantitative estimate of drug-likeness (QED) is 0.422. The van der Waals surface area contributed by atoms with Crippen molar-refractivity contribution < 1.29 is 22.7 Å². The summed E-state index contributed by atoms with van der Waals surface area (Å²) in [5.41, 5.74) is 1.89. The van der Waals surface area contributed by atoms with Gasteiger partial charge in [-0.3, -0.25) is 13.9 Å². The van der Waals surface area contributed by atoms with E-state index in [9.17, 15) is 18.0 Å². The van der Waals surface area contributed by atoms with Crippen molar-refractivity contribution in [2.75, 3.05) is 23.3 Å². The Bertz CT molecular complexity index is 1310. The van der Waals surface area contributed by atoms with Crippen molar-refractivity contribution in [3.05, 3.63) is 83.9 Å². The summed E-state index contributed by atoms with van der Waals surface area (Å²) < 4.78 is 33.3. The maximum absolute atomic E-state index is 13.6. The van der Waals surface area contributed by atoms with Crippen LogP contribution in [0.5, 0.6) is 5.75 Å². The second-order valence-corrected chi connectivity index (χ2v) is 10.3. The Balaban J connectivity index is 1.91. The third-order valence-corrected chi connectivity index (χ3v) is 7.48. The number of hydrogen-bond donors (Lipinski definition) is 2. The molecule has 0 aliphatic heterocycles. The predicted octanol–water partition coefficient (Wildman–Crippen LogP) is 4.37. The number of sulfonamides is 1. The minimum atomic E-state index is -4.09. The van der Waals surface area contributed by atoms with Gasteiger partial charge < -0.3 is 15.4 Å². The van der Waals surface area contributed by atoms with Crippen LogP contribution in [0.1, 0.15) is 36.2 Å². The monoisotopic (exact) mass is 509 g/mol. The number of ether oxygens (including phenoxy) is 1. The third kappa shape index (κ3) is 6.42. The number of methoxy groups -OCH3 is 1. The Morgan fingerprint density at radius 3 is 2.22 bits per heavy atom. The van der Waals surface area contributed by atoms with Crippen LogP contribution in [0, 0.1) is 6.92 Å². The molecule has 0 unspecified atom stereocenters. The predicted molar refractivity (Wildman–Crippen MR) is 141 cm³/mol. The highest BCUT2D eigenvalue weighted by Gasteiger charge is 2.28. The molecule has 1 atom stereocenters. The minimum Gasteiger partial charge on any atom is -0.497 e. The summed E-state index contributed by atoms with van der Waals surface area (Å²) in [6, 6.07) is 19.4. The van der Waals surface area contributed by atoms with Gasteiger partial charge in [-0.2, -0.15) is 0 Å². The molecule has 9 heteroatoms. The smallest absolute Gasteiger partial charge is 0.264 e. The molecule has 2 N–H and O–H groups in total. The van der Waals surface area contributed by atoms with Crippen LogP contribution in [0.4, 0.5) is 11.4 Å². The lowest BCUT2D eigenvalue weighted by atomic mass is 10.1. The van der Waals surface area contributed by atoms with E-state index in [1.807, 2.05) is 20.8 Å². The molecule has 0 bridgehead atoms. The molecule has 0 spiro atoms. The first kappa shape index (κ1) is 26.7. The summed E-state index contributed by atoms with van der Waals surface area (Å²) in [5.74, 6) is -0.390. The molecule has 2 amide bonds. The van der Waals surface area contributed by atoms with Gasteiger partial charge >= 0.3 is 0 Å². The molecule has 0 fully saturated rings. The Morgan fingerprint density at radius 2 is 1.61 bits per heavy atom. The molecule has 0 saturated carbocycles. The van der Waals surface area contributed by atoms with Crippen molar-refractivity contribution in [1.82, 2.24) is 5.32 Å². The maximum Gasteiger partial charge on any atom is 0.264 e. The van der Waals surface area contributed by atoms with Crippen LogP contribution >= 0.6 is 0 Å². The number of para-hydroxylation sites is 1. The summed E-state index contributed by atoms with van der Waals surface area (Å²) in [6.07, 6.45) is 0.759. The second-order valence-electron chi connectivity index (χ2n) is 8.40. The van der Waals surface area contributed by atoms with Gasteiger partial charge in [0.15, 0.2) is 0 Å². The molecule has 8 nitrogen and oxygen atoms in total. The van der Waals surface area contributed by atoms with E-state index in [4.69, 9.17) is 4.74 Å². The van der Waals surface area contributed by atoms with Crippen molar-refractivity contribution in [3.63, 3.8) is 0 Å². The van der Waals surface area contributed by atoms with E-state index in [-0.39, 0.29) is 16.8 Å². The molecule has 0 radical (unpaired) electrons. The molecule has 36 heavy (non-hydrogen) atoms. The summed E-state index contributed by atoms with van der Waals surface area (Å²) >= 11 is 0. The molecule has 0 aliphatic carbocycles. The number of carbonyl (C=O) groups excluding carboxylic acids is 2. The number of anilines is 2. The Morgan fingerprint density at radius 1 is 0.972 bits per heavy atom. The van der Waals surface area contributed by atoms with Gasteiger partial charge in [0, 0.05) is 6.04 Å². The van der Waals surface area contributed by atoms with Gasteiger partial charge in [-0.25, -0.2) is 8.42 Å². The molecule has 3 aromatic rings. The summed E-state index contributed by atoms with van der Waals surface area (Å²) in [6.45, 7) is 5.25. The summed E-state index contributed by atoms with van der Waals surface area (Å²) in [5, 5.41) is 5.59. The largest absolute Gasteiger partial charge is 0.497 e. The van der Waals surface area contributed by atoms with Crippen molar-refractivity contribution in [1.29, 1.82) is 0 Å². The molecule has 0 aromatic heterocycles. The molecule has 3 rings (SSSR count). The van der Waals surface area contributed by atoms with Crippen molar-refractivity contribution in [2.45, 2.75) is 38.1 Å². The van der Waals surface area contributed by atoms with Gasteiger partial charge in [0.2, 0.25) is 5.91 Å². The topological polar surface area (TPSA) is 105 Å². The second kappa shape index (κ2) is 11.7. The number of hydrogen-bond acceptors (Lipinski definition) is 5. The number of nitrogens with one attached hydrogen (secondary N) is 2. The van der Waals surface area contributed by atoms with E-state index in [0.29, 0.717) is 22.7 Å². The number of nitrogens with zero attached hydrogens (tertiary/aromatic N) is 1. The average molecular weight is 510 g/mol. The Kier molecular flexibility index (Phi) is 8.71. The Labute approximate surface area is 212 Å². The number of benzene rings is 3. The first-order valence-electron chi connectivity index (χ1n) is 11.6. The van der Waals surface area contributed by atoms with E-state index in [1.165, 1.54) is 19.2 Å². The highest BCUT2D eigenvalue weighted by Crippen LogP contribution is 2.26.